The van der Waals surface area contributed by atoms with Crippen LogP contribution in [-0.2, 0) is 0 Å². The maximum atomic E-state index is 4.04. The van der Waals surface area contributed by atoms with Gasteiger partial charge in [-0.2, -0.15) is 0 Å². The Hall–Kier alpha value is -0.660. The monoisotopic (exact) mass is 58.0 g/mol. The molecule has 2 heteroatoms. The minimum Gasteiger partial charge on any atom is -0.295 e. The zero-order chi connectivity index (χ0) is 2.83. The minimum absolute atomic E-state index is 1.46. The van der Waals surface area contributed by atoms with Gasteiger partial charge < -0.3 is 0 Å². The molecule has 0 aliphatic heterocycles. The molecule has 0 fully saturated rings. The van der Waals surface area contributed by atoms with Crippen LogP contribution >= 0.6 is 0 Å². The van der Waals surface area contributed by atoms with Crippen molar-refractivity contribution in [1.82, 2.24) is 0 Å². The Labute approximate surface area is 22.9 Å². The van der Waals surface area contributed by atoms with Crippen LogP contribution in [0.1, 0.15) is 0 Å². The lowest BCUT2D eigenvalue weighted by molar-refractivity contribution is 0.000913. The predicted molar refractivity (Wildman–Crippen MR) is 11.0 cm³/mol. The first kappa shape index (κ1) is 1.64. The van der Waals surface area contributed by atoms with Crippen molar-refractivity contribution in [2.75, 3.05) is 0 Å². The molecule has 1 rings (SSSR count). The smallest absolute Gasteiger partial charge is 0.182 e. The Balaban J connectivity index is 3.00. The van der Waals surface area contributed by atoms with E-state index in [1.165, 1.54) is 12.5 Å². The molecule has 1 aromatic rings. The van der Waals surface area contributed by atoms with Gasteiger partial charge in [0.2, 0.25) is 0 Å². The van der Waals surface area contributed by atoms with Crippen molar-refractivity contribution in [3.63, 3.8) is 0 Å². The summed E-state index contributed by atoms with van der Waals surface area (Å²) in [5.74, 6) is 0. The number of hydrogen-bond acceptors (Lipinski definition) is 2. The summed E-state index contributed by atoms with van der Waals surface area (Å²) in [6, 6.07) is 0. The molecule has 0 N–H and O–H groups in total. The molecule has 0 unspecified atom stereocenters. The average molecular weight is 58.0 g/mol. The molecular formula is C2H2O2. The van der Waals surface area contributed by atoms with Crippen molar-refractivity contribution in [3.8, 4) is 0 Å². The largest absolute Gasteiger partial charge is 0.295 e. The predicted octanol–water partition coefficient (Wildman–Crippen LogP) is 0.873. The Bertz CT molecular complexity index is 45.8. The van der Waals surface area contributed by atoms with E-state index in [-0.39, 0.29) is 0 Å². The topological polar surface area (TPSA) is 26.3 Å². The summed E-state index contributed by atoms with van der Waals surface area (Å²) in [4.78, 5) is 0. The molecule has 1 aromatic heterocycles. The van der Waals surface area contributed by atoms with Gasteiger partial charge in [-0.1, -0.05) is 0 Å². The fraction of sp³-hybridized carbons (Fsp3) is 0. The van der Waals surface area contributed by atoms with Crippen LogP contribution < -0.4 is 0 Å². The first-order valence-corrected chi connectivity index (χ1v) is 0.971. The van der Waals surface area contributed by atoms with Crippen LogP contribution in [0.25, 0.3) is 0 Å². The van der Waals surface area contributed by atoms with Gasteiger partial charge in [-0.05, 0) is 0 Å². The van der Waals surface area contributed by atoms with E-state index in [2.05, 4.69) is 9.15 Å². The van der Waals surface area contributed by atoms with Gasteiger partial charge in [0, 0.05) is 0 Å². The maximum absolute atomic E-state index is 4.04. The molecular weight excluding hydrogens is 56.0 g/mol. The molecule has 0 saturated carbocycles. The summed E-state index contributed by atoms with van der Waals surface area (Å²) >= 11 is 0. The first-order chi connectivity index (χ1) is 2.00. The van der Waals surface area contributed by atoms with Gasteiger partial charge in [0.1, 0.15) is 0 Å². The summed E-state index contributed by atoms with van der Waals surface area (Å²) in [5, 5.41) is 0. The number of hydrogen-bond donors (Lipinski definition) is 0. The molecule has 0 aliphatic carbocycles. The van der Waals surface area contributed by atoms with Crippen LogP contribution in [-0.4, -0.2) is 0 Å². The molecule has 4 heavy (non-hydrogen) atoms. The summed E-state index contributed by atoms with van der Waals surface area (Å²) in [5.41, 5.74) is 0. The van der Waals surface area contributed by atoms with E-state index in [1.54, 1.807) is 0 Å². The molecule has 0 atom stereocenters. The van der Waals surface area contributed by atoms with E-state index in [9.17, 15) is 0 Å². The van der Waals surface area contributed by atoms with Crippen LogP contribution in [0.15, 0.2) is 21.7 Å². The SMILES string of the molecule is c1coo1. The van der Waals surface area contributed by atoms with Crippen LogP contribution in [0.4, 0.5) is 0 Å². The molecule has 0 radical (unpaired) electrons. The lowest BCUT2D eigenvalue weighted by atomic mass is 11.0. The highest BCUT2D eigenvalue weighted by Gasteiger charge is 1.61. The second-order valence-corrected chi connectivity index (χ2v) is 0.465. The van der Waals surface area contributed by atoms with E-state index in [0.717, 1.165) is 0 Å². The summed E-state index contributed by atoms with van der Waals surface area (Å²) < 4.78 is 8.08. The summed E-state index contributed by atoms with van der Waals surface area (Å²) in [6.07, 6.45) is 2.92. The standard InChI is InChI=1S/C2H2O2/c1-2-4-3-1/h1-2H. The average Bonchev–Trinajstić information content (AvgIpc) is 0.722. The Morgan fingerprint density at radius 1 is 1.00 bits per heavy atom. The van der Waals surface area contributed by atoms with Gasteiger partial charge in [-0.25, -0.2) is 0 Å². The lowest BCUT2D eigenvalue weighted by Crippen LogP contribution is -1.48. The molecule has 0 amide bonds. The Morgan fingerprint density at radius 3 is 1.25 bits per heavy atom. The molecule has 2 nitrogen and oxygen atoms in total. The summed E-state index contributed by atoms with van der Waals surface area (Å²) in [7, 11) is 0. The molecule has 1 heterocycles. The fourth-order valence-corrected chi connectivity index (χ4v) is 0.0556. The Morgan fingerprint density at radius 2 is 1.25 bits per heavy atom. The van der Waals surface area contributed by atoms with Crippen LogP contribution in [0.3, 0.4) is 0 Å². The van der Waals surface area contributed by atoms with Crippen molar-refractivity contribution < 1.29 is 9.15 Å². The molecule has 0 aromatic carbocycles. The van der Waals surface area contributed by atoms with Crippen molar-refractivity contribution in [2.24, 2.45) is 0 Å². The van der Waals surface area contributed by atoms with Crippen LogP contribution in [0.2, 0.25) is 0 Å². The lowest BCUT2D eigenvalue weighted by Gasteiger charge is -1.72. The molecule has 0 saturated heterocycles. The third-order valence-electron chi connectivity index (χ3n) is 0.222. The molecule has 0 bridgehead atoms. The highest BCUT2D eigenvalue weighted by Crippen LogP contribution is 1.79. The Kier molecular flexibility index (Phi) is 0.154. The van der Waals surface area contributed by atoms with Crippen LogP contribution in [0.5, 0.6) is 0 Å². The van der Waals surface area contributed by atoms with Gasteiger partial charge in [-0.15, -0.1) is 0 Å². The van der Waals surface area contributed by atoms with Crippen molar-refractivity contribution in [2.45, 2.75) is 0 Å². The quantitative estimate of drug-likeness (QED) is 0.414. The van der Waals surface area contributed by atoms with Crippen LogP contribution in [0, 0.1) is 0 Å². The first-order valence-electron chi connectivity index (χ1n) is 0.971. The van der Waals surface area contributed by atoms with Gasteiger partial charge in [0.05, 0.1) is 0 Å². The van der Waals surface area contributed by atoms with Gasteiger partial charge in [0.25, 0.3) is 0 Å². The normalized spacial score (nSPS) is 8.00. The maximum Gasteiger partial charge on any atom is 0.182 e. The fourth-order valence-electron chi connectivity index (χ4n) is 0.0556. The molecule has 0 aliphatic rings. The minimum atomic E-state index is 1.46. The highest BCUT2D eigenvalue weighted by molar-refractivity contribution is 4.43. The second kappa shape index (κ2) is 0.377. The van der Waals surface area contributed by atoms with Crippen molar-refractivity contribution in [1.29, 1.82) is 0 Å². The van der Waals surface area contributed by atoms with E-state index < -0.39 is 0 Å². The zero-order valence-corrected chi connectivity index (χ0v) is 1.97. The highest BCUT2D eigenvalue weighted by atomic mass is 17.0. The van der Waals surface area contributed by atoms with Gasteiger partial charge >= 0.3 is 0 Å². The third-order valence-corrected chi connectivity index (χ3v) is 0.222. The molecule has 0 spiro atoms. The van der Waals surface area contributed by atoms with Crippen molar-refractivity contribution in [3.05, 3.63) is 12.5 Å². The van der Waals surface area contributed by atoms with E-state index in [4.69, 9.17) is 0 Å². The number of rotatable bonds is 0. The molecule has 22 valence electrons. The van der Waals surface area contributed by atoms with Gasteiger partial charge in [0.15, 0.2) is 12.5 Å². The van der Waals surface area contributed by atoms with E-state index >= 15 is 0 Å². The second-order valence-electron chi connectivity index (χ2n) is 0.465. The van der Waals surface area contributed by atoms with E-state index in [0.29, 0.717) is 0 Å². The van der Waals surface area contributed by atoms with Crippen molar-refractivity contribution >= 4 is 0 Å². The van der Waals surface area contributed by atoms with Gasteiger partial charge in [-0.3, -0.25) is 9.15 Å². The third kappa shape index (κ3) is 0.0139. The summed E-state index contributed by atoms with van der Waals surface area (Å²) in [6.45, 7) is 0. The van der Waals surface area contributed by atoms with E-state index in [1.807, 2.05) is 0 Å². The zero-order valence-electron chi connectivity index (χ0n) is 1.97.